The van der Waals surface area contributed by atoms with Crippen molar-refractivity contribution in [3.05, 3.63) is 64.2 Å². The summed E-state index contributed by atoms with van der Waals surface area (Å²) in [4.78, 5) is 24.2. The molecule has 0 saturated heterocycles. The van der Waals surface area contributed by atoms with Gasteiger partial charge in [0, 0.05) is 5.56 Å². The maximum absolute atomic E-state index is 12.9. The molecule has 7 heteroatoms. The van der Waals surface area contributed by atoms with E-state index in [1.807, 2.05) is 31.2 Å². The van der Waals surface area contributed by atoms with Gasteiger partial charge in [-0.2, -0.15) is 10.1 Å². The van der Waals surface area contributed by atoms with Crippen LogP contribution in [-0.2, 0) is 4.79 Å². The molecule has 0 unspecified atom stereocenters. The molecule has 1 amide bonds. The topological polar surface area (TPSA) is 79.2 Å². The Kier molecular flexibility index (Phi) is 5.80. The number of anilines is 1. The minimum absolute atomic E-state index is 0.0874. The number of para-hydroxylation sites is 1. The number of carboxylic acids is 1. The standard InChI is InChI=1S/C21H19ClN2O4/c1-3-10-28-19-7-5-4-6-14(19)11-16-13(2)23-24(20(16)25)15-8-9-18(22)17(12-15)21(26)27/h4-9,11-12H,3,10H2,1-2H3,(H,26,27)/b16-11-. The Labute approximate surface area is 167 Å². The van der Waals surface area contributed by atoms with E-state index in [-0.39, 0.29) is 16.5 Å². The number of benzene rings is 2. The van der Waals surface area contributed by atoms with Crippen molar-refractivity contribution in [1.29, 1.82) is 0 Å². The van der Waals surface area contributed by atoms with E-state index in [0.717, 1.165) is 12.0 Å². The highest BCUT2D eigenvalue weighted by atomic mass is 35.5. The van der Waals surface area contributed by atoms with Crippen LogP contribution in [0.1, 0.15) is 36.2 Å². The van der Waals surface area contributed by atoms with Gasteiger partial charge in [-0.25, -0.2) is 4.79 Å². The molecule has 0 atom stereocenters. The van der Waals surface area contributed by atoms with Gasteiger partial charge in [-0.15, -0.1) is 0 Å². The Morgan fingerprint density at radius 3 is 2.75 bits per heavy atom. The van der Waals surface area contributed by atoms with Crippen molar-refractivity contribution in [2.75, 3.05) is 11.6 Å². The number of hydrogen-bond donors (Lipinski definition) is 1. The number of amides is 1. The van der Waals surface area contributed by atoms with Crippen molar-refractivity contribution >= 4 is 41.0 Å². The molecule has 3 rings (SSSR count). The summed E-state index contributed by atoms with van der Waals surface area (Å²) in [6, 6.07) is 11.8. The van der Waals surface area contributed by atoms with Crippen LogP contribution in [-0.4, -0.2) is 29.3 Å². The van der Waals surface area contributed by atoms with Crippen LogP contribution in [0.2, 0.25) is 5.02 Å². The fourth-order valence-corrected chi connectivity index (χ4v) is 2.97. The van der Waals surface area contributed by atoms with Gasteiger partial charge in [0.05, 0.1) is 34.2 Å². The SMILES string of the molecule is CCCOc1ccccc1/C=C1\C(=O)N(c2ccc(Cl)c(C(=O)O)c2)N=C1C. The van der Waals surface area contributed by atoms with E-state index in [4.69, 9.17) is 16.3 Å². The van der Waals surface area contributed by atoms with E-state index < -0.39 is 5.97 Å². The second-order valence-electron chi connectivity index (χ2n) is 6.22. The molecular weight excluding hydrogens is 380 g/mol. The monoisotopic (exact) mass is 398 g/mol. The van der Waals surface area contributed by atoms with E-state index in [1.54, 1.807) is 19.1 Å². The Morgan fingerprint density at radius 2 is 2.04 bits per heavy atom. The molecule has 0 saturated carbocycles. The summed E-state index contributed by atoms with van der Waals surface area (Å²) in [7, 11) is 0. The van der Waals surface area contributed by atoms with Gasteiger partial charge in [-0.05, 0) is 43.7 Å². The normalized spacial score (nSPS) is 15.1. The molecule has 28 heavy (non-hydrogen) atoms. The molecule has 6 nitrogen and oxygen atoms in total. The predicted molar refractivity (Wildman–Crippen MR) is 109 cm³/mol. The van der Waals surface area contributed by atoms with Crippen molar-refractivity contribution in [1.82, 2.24) is 0 Å². The van der Waals surface area contributed by atoms with E-state index in [1.165, 1.54) is 17.1 Å². The third kappa shape index (κ3) is 3.92. The van der Waals surface area contributed by atoms with Crippen molar-refractivity contribution < 1.29 is 19.4 Å². The molecule has 2 aromatic carbocycles. The summed E-state index contributed by atoms with van der Waals surface area (Å²) < 4.78 is 5.74. The zero-order chi connectivity index (χ0) is 20.3. The molecule has 0 aromatic heterocycles. The zero-order valence-corrected chi connectivity index (χ0v) is 16.2. The van der Waals surface area contributed by atoms with Gasteiger partial charge in [0.2, 0.25) is 0 Å². The smallest absolute Gasteiger partial charge is 0.337 e. The van der Waals surface area contributed by atoms with Crippen LogP contribution in [0.3, 0.4) is 0 Å². The second-order valence-corrected chi connectivity index (χ2v) is 6.62. The number of carbonyl (C=O) groups is 2. The van der Waals surface area contributed by atoms with Gasteiger partial charge in [-0.3, -0.25) is 4.79 Å². The average molecular weight is 399 g/mol. The van der Waals surface area contributed by atoms with E-state index in [2.05, 4.69) is 5.10 Å². The zero-order valence-electron chi connectivity index (χ0n) is 15.5. The number of ether oxygens (including phenoxy) is 1. The highest BCUT2D eigenvalue weighted by Crippen LogP contribution is 2.30. The Bertz CT molecular complexity index is 998. The minimum atomic E-state index is -1.17. The molecule has 1 heterocycles. The van der Waals surface area contributed by atoms with Crippen molar-refractivity contribution in [3.8, 4) is 5.75 Å². The summed E-state index contributed by atoms with van der Waals surface area (Å²) in [5.74, 6) is -0.825. The lowest BCUT2D eigenvalue weighted by Crippen LogP contribution is -2.21. The van der Waals surface area contributed by atoms with E-state index in [9.17, 15) is 14.7 Å². The first-order chi connectivity index (χ1) is 13.4. The predicted octanol–water partition coefficient (Wildman–Crippen LogP) is 4.63. The quantitative estimate of drug-likeness (QED) is 0.719. The largest absolute Gasteiger partial charge is 0.493 e. The number of carboxylic acid groups (broad SMARTS) is 1. The van der Waals surface area contributed by atoms with Crippen LogP contribution < -0.4 is 9.75 Å². The highest BCUT2D eigenvalue weighted by Gasteiger charge is 2.29. The molecule has 1 aliphatic heterocycles. The molecule has 2 aromatic rings. The number of hydrazone groups is 1. The first-order valence-corrected chi connectivity index (χ1v) is 9.16. The van der Waals surface area contributed by atoms with Gasteiger partial charge in [0.15, 0.2) is 0 Å². The van der Waals surface area contributed by atoms with Crippen LogP contribution in [0.5, 0.6) is 5.75 Å². The molecule has 0 radical (unpaired) electrons. The van der Waals surface area contributed by atoms with Gasteiger partial charge >= 0.3 is 5.97 Å². The van der Waals surface area contributed by atoms with Crippen LogP contribution >= 0.6 is 11.6 Å². The first kappa shape index (κ1) is 19.6. The third-order valence-electron chi connectivity index (χ3n) is 4.17. The molecular formula is C21H19ClN2O4. The Hall–Kier alpha value is -3.12. The molecule has 1 N–H and O–H groups in total. The van der Waals surface area contributed by atoms with Crippen molar-refractivity contribution in [2.45, 2.75) is 20.3 Å². The van der Waals surface area contributed by atoms with Gasteiger partial charge in [-0.1, -0.05) is 36.7 Å². The molecule has 0 spiro atoms. The van der Waals surface area contributed by atoms with Crippen LogP contribution in [0.4, 0.5) is 5.69 Å². The maximum atomic E-state index is 12.9. The van der Waals surface area contributed by atoms with Crippen molar-refractivity contribution in [2.24, 2.45) is 5.10 Å². The van der Waals surface area contributed by atoms with Crippen LogP contribution in [0.25, 0.3) is 6.08 Å². The molecule has 0 fully saturated rings. The van der Waals surface area contributed by atoms with Gasteiger partial charge < -0.3 is 9.84 Å². The highest BCUT2D eigenvalue weighted by molar-refractivity contribution is 6.34. The number of rotatable bonds is 6. The Morgan fingerprint density at radius 1 is 1.29 bits per heavy atom. The summed E-state index contributed by atoms with van der Waals surface area (Å²) in [6.07, 6.45) is 2.61. The molecule has 0 aliphatic carbocycles. The van der Waals surface area contributed by atoms with E-state index in [0.29, 0.717) is 29.3 Å². The molecule has 0 bridgehead atoms. The number of aromatic carboxylic acids is 1. The molecule has 1 aliphatic rings. The number of halogens is 1. The fourth-order valence-electron chi connectivity index (χ4n) is 2.77. The average Bonchev–Trinajstić information content (AvgIpc) is 2.95. The Balaban J connectivity index is 1.95. The van der Waals surface area contributed by atoms with Crippen molar-refractivity contribution in [3.63, 3.8) is 0 Å². The number of hydrogen-bond acceptors (Lipinski definition) is 4. The minimum Gasteiger partial charge on any atom is -0.493 e. The fraction of sp³-hybridized carbons (Fsp3) is 0.190. The lowest BCUT2D eigenvalue weighted by atomic mass is 10.1. The summed E-state index contributed by atoms with van der Waals surface area (Å²) >= 11 is 5.91. The summed E-state index contributed by atoms with van der Waals surface area (Å²) in [6.45, 7) is 4.33. The van der Waals surface area contributed by atoms with Gasteiger partial charge in [0.1, 0.15) is 5.75 Å². The first-order valence-electron chi connectivity index (χ1n) is 8.78. The number of carbonyl (C=O) groups excluding carboxylic acids is 1. The second kappa shape index (κ2) is 8.27. The van der Waals surface area contributed by atoms with E-state index >= 15 is 0 Å². The number of nitrogens with zero attached hydrogens (tertiary/aromatic N) is 2. The van der Waals surface area contributed by atoms with Crippen LogP contribution in [0, 0.1) is 0 Å². The summed E-state index contributed by atoms with van der Waals surface area (Å²) in [5.41, 5.74) is 1.97. The molecule has 144 valence electrons. The third-order valence-corrected chi connectivity index (χ3v) is 4.50. The lowest BCUT2D eigenvalue weighted by molar-refractivity contribution is -0.114. The van der Waals surface area contributed by atoms with Crippen LogP contribution in [0.15, 0.2) is 53.1 Å². The summed E-state index contributed by atoms with van der Waals surface area (Å²) in [5, 5.41) is 14.8. The lowest BCUT2D eigenvalue weighted by Gasteiger charge is -2.13. The van der Waals surface area contributed by atoms with Gasteiger partial charge in [0.25, 0.3) is 5.91 Å². The maximum Gasteiger partial charge on any atom is 0.337 e.